The van der Waals surface area contributed by atoms with E-state index in [0.717, 1.165) is 16.0 Å². The number of nitrogens with zero attached hydrogens (tertiary/aromatic N) is 1. The van der Waals surface area contributed by atoms with Gasteiger partial charge in [0.05, 0.1) is 17.9 Å². The first-order chi connectivity index (χ1) is 12.0. The predicted molar refractivity (Wildman–Crippen MR) is 87.6 cm³/mol. The molecule has 2 N–H and O–H groups in total. The average Bonchev–Trinajstić information content (AvgIpc) is 3.08. The maximum Gasteiger partial charge on any atom is 0.394 e. The number of carbonyl (C=O) groups is 2. The predicted octanol–water partition coefficient (Wildman–Crippen LogP) is 3.31. The van der Waals surface area contributed by atoms with E-state index in [2.05, 4.69) is 5.32 Å². The fourth-order valence-electron chi connectivity index (χ4n) is 4.07. The minimum Gasteiger partial charge on any atom is -0.481 e. The van der Waals surface area contributed by atoms with Crippen molar-refractivity contribution in [1.29, 1.82) is 0 Å². The molecule has 2 amide bonds. The topological polar surface area (TPSA) is 69.6 Å². The summed E-state index contributed by atoms with van der Waals surface area (Å²) in [5.41, 5.74) is 1.90. The third-order valence-corrected chi connectivity index (χ3v) is 5.42. The fraction of sp³-hybridized carbons (Fsp3) is 0.556. The van der Waals surface area contributed by atoms with E-state index in [-0.39, 0.29) is 11.5 Å². The van der Waals surface area contributed by atoms with Crippen LogP contribution in [0.1, 0.15) is 37.4 Å². The number of nitrogens with one attached hydrogen (secondary N) is 1. The smallest absolute Gasteiger partial charge is 0.394 e. The lowest BCUT2D eigenvalue weighted by Crippen LogP contribution is -2.41. The number of aliphatic carboxylic acids is 1. The minimum absolute atomic E-state index is 0.155. The Hall–Kier alpha value is -2.25. The molecule has 1 aliphatic heterocycles. The van der Waals surface area contributed by atoms with Crippen molar-refractivity contribution in [2.24, 2.45) is 11.8 Å². The lowest BCUT2D eigenvalue weighted by Gasteiger charge is -2.23. The summed E-state index contributed by atoms with van der Waals surface area (Å²) < 4.78 is 39.3. The quantitative estimate of drug-likeness (QED) is 0.839. The van der Waals surface area contributed by atoms with Crippen LogP contribution < -0.4 is 5.32 Å². The molecule has 1 unspecified atom stereocenters. The van der Waals surface area contributed by atoms with Crippen molar-refractivity contribution in [2.45, 2.75) is 37.9 Å². The van der Waals surface area contributed by atoms with Gasteiger partial charge in [-0.3, -0.25) is 4.79 Å². The van der Waals surface area contributed by atoms with Gasteiger partial charge in [-0.05, 0) is 23.0 Å². The molecule has 8 heteroatoms. The maximum absolute atomic E-state index is 13.1. The van der Waals surface area contributed by atoms with Crippen molar-refractivity contribution in [2.75, 3.05) is 13.1 Å². The number of hydrogen-bond donors (Lipinski definition) is 2. The third kappa shape index (κ3) is 3.24. The Morgan fingerprint density at radius 3 is 2.46 bits per heavy atom. The van der Waals surface area contributed by atoms with Crippen LogP contribution in [0.25, 0.3) is 0 Å². The number of urea groups is 1. The molecule has 1 heterocycles. The average molecular weight is 370 g/mol. The van der Waals surface area contributed by atoms with Gasteiger partial charge in [-0.1, -0.05) is 38.1 Å². The van der Waals surface area contributed by atoms with E-state index in [1.54, 1.807) is 0 Å². The Kier molecular flexibility index (Phi) is 4.40. The Morgan fingerprint density at radius 2 is 1.88 bits per heavy atom. The highest BCUT2D eigenvalue weighted by Gasteiger charge is 2.53. The Balaban J connectivity index is 1.75. The molecule has 0 spiro atoms. The van der Waals surface area contributed by atoms with Gasteiger partial charge >= 0.3 is 18.2 Å². The summed E-state index contributed by atoms with van der Waals surface area (Å²) >= 11 is 0. The summed E-state index contributed by atoms with van der Waals surface area (Å²) in [5, 5.41) is 11.9. The summed E-state index contributed by atoms with van der Waals surface area (Å²) in [6.07, 6.45) is -4.02. The second kappa shape index (κ2) is 6.17. The monoisotopic (exact) mass is 370 g/mol. The molecule has 5 nitrogen and oxygen atoms in total. The molecule has 3 atom stereocenters. The number of benzene rings is 1. The Morgan fingerprint density at radius 1 is 1.23 bits per heavy atom. The molecule has 0 bridgehead atoms. The Labute approximate surface area is 149 Å². The van der Waals surface area contributed by atoms with E-state index in [0.29, 0.717) is 6.42 Å². The highest BCUT2D eigenvalue weighted by Crippen LogP contribution is 2.44. The van der Waals surface area contributed by atoms with Crippen molar-refractivity contribution >= 4 is 12.0 Å². The van der Waals surface area contributed by atoms with Crippen molar-refractivity contribution < 1.29 is 27.9 Å². The van der Waals surface area contributed by atoms with Gasteiger partial charge in [-0.25, -0.2) is 4.79 Å². The zero-order valence-electron chi connectivity index (χ0n) is 14.5. The lowest BCUT2D eigenvalue weighted by atomic mass is 9.86. The molecular formula is C18H21F3N2O3. The molecule has 0 radical (unpaired) electrons. The van der Waals surface area contributed by atoms with Crippen LogP contribution in [0.15, 0.2) is 24.3 Å². The van der Waals surface area contributed by atoms with Crippen LogP contribution in [-0.2, 0) is 10.2 Å². The van der Waals surface area contributed by atoms with Gasteiger partial charge in [0.15, 0.2) is 0 Å². The number of rotatable bonds is 2. The molecule has 1 aliphatic carbocycles. The van der Waals surface area contributed by atoms with Crippen molar-refractivity contribution in [3.63, 3.8) is 0 Å². The number of hydrogen-bond acceptors (Lipinski definition) is 2. The SMILES string of the molecule is CC1(C)CC(NC(=O)N2C[C@@H](C(F)(F)F)[C@H](C(=O)O)C2)c2ccccc21. The van der Waals surface area contributed by atoms with Gasteiger partial charge in [-0.15, -0.1) is 0 Å². The molecule has 142 valence electrons. The first-order valence-electron chi connectivity index (χ1n) is 8.45. The van der Waals surface area contributed by atoms with E-state index in [1.807, 2.05) is 38.1 Å². The van der Waals surface area contributed by atoms with E-state index >= 15 is 0 Å². The normalized spacial score (nSPS) is 27.3. The molecule has 3 rings (SSSR count). The van der Waals surface area contributed by atoms with Crippen LogP contribution in [0.5, 0.6) is 0 Å². The zero-order valence-corrected chi connectivity index (χ0v) is 14.5. The molecule has 0 saturated carbocycles. The van der Waals surface area contributed by atoms with E-state index in [1.165, 1.54) is 0 Å². The number of carboxylic acids is 1. The van der Waals surface area contributed by atoms with Gasteiger partial charge in [0, 0.05) is 13.1 Å². The lowest BCUT2D eigenvalue weighted by molar-refractivity contribution is -0.187. The summed E-state index contributed by atoms with van der Waals surface area (Å²) in [7, 11) is 0. The highest BCUT2D eigenvalue weighted by molar-refractivity contribution is 5.78. The second-order valence-corrected chi connectivity index (χ2v) is 7.68. The number of fused-ring (bicyclic) bond motifs is 1. The van der Waals surface area contributed by atoms with Crippen molar-refractivity contribution in [3.05, 3.63) is 35.4 Å². The number of carbonyl (C=O) groups excluding carboxylic acids is 1. The van der Waals surface area contributed by atoms with E-state index < -0.39 is 43.1 Å². The molecule has 1 fully saturated rings. The molecule has 2 aliphatic rings. The fourth-order valence-corrected chi connectivity index (χ4v) is 4.07. The summed E-state index contributed by atoms with van der Waals surface area (Å²) in [6, 6.07) is 6.70. The van der Waals surface area contributed by atoms with Gasteiger partial charge in [-0.2, -0.15) is 13.2 Å². The largest absolute Gasteiger partial charge is 0.481 e. The molecule has 26 heavy (non-hydrogen) atoms. The van der Waals surface area contributed by atoms with Crippen LogP contribution in [0, 0.1) is 11.8 Å². The first-order valence-corrected chi connectivity index (χ1v) is 8.45. The van der Waals surface area contributed by atoms with E-state index in [9.17, 15) is 22.8 Å². The van der Waals surface area contributed by atoms with Gasteiger partial charge in [0.25, 0.3) is 0 Å². The standard InChI is InChI=1S/C18H21F3N2O3/c1-17(2)7-14(10-5-3-4-6-12(10)17)22-16(26)23-8-11(15(24)25)13(9-23)18(19,20)21/h3-6,11,13-14H,7-9H2,1-2H3,(H,22,26)(H,24,25)/t11-,13-,14?/m1/s1. The van der Waals surface area contributed by atoms with Crippen molar-refractivity contribution in [3.8, 4) is 0 Å². The molecular weight excluding hydrogens is 349 g/mol. The van der Waals surface area contributed by atoms with Gasteiger partial charge in [0.1, 0.15) is 0 Å². The molecule has 1 saturated heterocycles. The van der Waals surface area contributed by atoms with Crippen LogP contribution >= 0.6 is 0 Å². The zero-order chi connectivity index (χ0) is 19.3. The number of halogens is 3. The molecule has 1 aromatic rings. The molecule has 1 aromatic carbocycles. The van der Waals surface area contributed by atoms with E-state index in [4.69, 9.17) is 5.11 Å². The van der Waals surface area contributed by atoms with Crippen molar-refractivity contribution in [1.82, 2.24) is 10.2 Å². The summed E-state index contributed by atoms with van der Waals surface area (Å²) in [5.74, 6) is -5.21. The summed E-state index contributed by atoms with van der Waals surface area (Å²) in [6.45, 7) is 3.02. The minimum atomic E-state index is -4.65. The number of likely N-dealkylation sites (tertiary alicyclic amines) is 1. The number of carboxylic acid groups (broad SMARTS) is 1. The van der Waals surface area contributed by atoms with Crippen LogP contribution in [0.2, 0.25) is 0 Å². The van der Waals surface area contributed by atoms with Crippen LogP contribution in [-0.4, -0.2) is 41.3 Å². The second-order valence-electron chi connectivity index (χ2n) is 7.68. The summed E-state index contributed by atoms with van der Waals surface area (Å²) in [4.78, 5) is 24.6. The third-order valence-electron chi connectivity index (χ3n) is 5.42. The maximum atomic E-state index is 13.1. The van der Waals surface area contributed by atoms with Gasteiger partial charge in [0.2, 0.25) is 0 Å². The first kappa shape index (κ1) is 18.5. The van der Waals surface area contributed by atoms with Crippen LogP contribution in [0.4, 0.5) is 18.0 Å². The van der Waals surface area contributed by atoms with Crippen LogP contribution in [0.3, 0.4) is 0 Å². The molecule has 0 aromatic heterocycles. The number of amides is 2. The number of alkyl halides is 3. The van der Waals surface area contributed by atoms with Gasteiger partial charge < -0.3 is 15.3 Å². The highest BCUT2D eigenvalue weighted by atomic mass is 19.4. The Bertz CT molecular complexity index is 733.